The average molecular weight is 447 g/mol. The second-order valence-corrected chi connectivity index (χ2v) is 9.14. The van der Waals surface area contributed by atoms with Gasteiger partial charge in [0, 0.05) is 35.7 Å². The van der Waals surface area contributed by atoms with Gasteiger partial charge in [-0.15, -0.1) is 0 Å². The fraction of sp³-hybridized carbons (Fsp3) is 0.320. The third kappa shape index (κ3) is 4.30. The Labute approximate surface area is 192 Å². The molecule has 1 saturated heterocycles. The van der Waals surface area contributed by atoms with E-state index in [1.807, 2.05) is 42.5 Å². The van der Waals surface area contributed by atoms with E-state index in [2.05, 4.69) is 22.0 Å². The molecule has 1 N–H and O–H groups in total. The van der Waals surface area contributed by atoms with Crippen molar-refractivity contribution in [2.24, 2.45) is 0 Å². The maximum Gasteiger partial charge on any atom is 0.234 e. The zero-order valence-corrected chi connectivity index (χ0v) is 18.7. The van der Waals surface area contributed by atoms with Crippen LogP contribution in [0.5, 0.6) is 0 Å². The third-order valence-corrected chi connectivity index (χ3v) is 6.92. The standard InChI is InChI=1S/C25H26N4O2S/c30-23(26-18-12-14-19(15-13-18)28-16-6-11-24(28)31)17-32-25-27-21-9-4-5-10-22(21)29(25)20-7-2-1-3-8-20/h1-3,7-8,12-15H,4-6,9-11,16-17H2,(H,26,30). The predicted molar refractivity (Wildman–Crippen MR) is 128 cm³/mol. The fourth-order valence-electron chi connectivity index (χ4n) is 4.43. The van der Waals surface area contributed by atoms with E-state index in [0.29, 0.717) is 6.42 Å². The van der Waals surface area contributed by atoms with Crippen LogP contribution in [0.15, 0.2) is 59.8 Å². The molecule has 1 aromatic heterocycles. The number of aryl methyl sites for hydroxylation is 1. The SMILES string of the molecule is O=C(CSc1nc2c(n1-c1ccccc1)CCCC2)Nc1ccc(N2CCCC2=O)cc1. The number of nitrogens with zero attached hydrogens (tertiary/aromatic N) is 3. The van der Waals surface area contributed by atoms with Gasteiger partial charge in [-0.25, -0.2) is 4.98 Å². The summed E-state index contributed by atoms with van der Waals surface area (Å²) in [7, 11) is 0. The Hall–Kier alpha value is -3.06. The molecule has 0 spiro atoms. The summed E-state index contributed by atoms with van der Waals surface area (Å²) >= 11 is 1.47. The maximum atomic E-state index is 12.6. The number of hydrogen-bond acceptors (Lipinski definition) is 4. The first-order chi connectivity index (χ1) is 15.7. The van der Waals surface area contributed by atoms with Crippen molar-refractivity contribution in [1.29, 1.82) is 0 Å². The van der Waals surface area contributed by atoms with E-state index < -0.39 is 0 Å². The number of fused-ring (bicyclic) bond motifs is 1. The molecule has 0 atom stereocenters. The Morgan fingerprint density at radius 2 is 1.72 bits per heavy atom. The van der Waals surface area contributed by atoms with Crippen molar-refractivity contribution in [1.82, 2.24) is 9.55 Å². The number of nitrogens with one attached hydrogen (secondary N) is 1. The number of amides is 2. The van der Waals surface area contributed by atoms with Crippen LogP contribution in [-0.4, -0.2) is 33.7 Å². The van der Waals surface area contributed by atoms with Crippen LogP contribution in [0, 0.1) is 0 Å². The van der Waals surface area contributed by atoms with Gasteiger partial charge in [0.1, 0.15) is 0 Å². The molecule has 2 heterocycles. The minimum atomic E-state index is -0.0689. The van der Waals surface area contributed by atoms with Crippen molar-refractivity contribution in [2.45, 2.75) is 43.7 Å². The molecular formula is C25H26N4O2S. The molecular weight excluding hydrogens is 420 g/mol. The second kappa shape index (κ2) is 9.20. The lowest BCUT2D eigenvalue weighted by atomic mass is 10.0. The van der Waals surface area contributed by atoms with E-state index in [9.17, 15) is 9.59 Å². The number of benzene rings is 2. The van der Waals surface area contributed by atoms with Gasteiger partial charge in [0.2, 0.25) is 11.8 Å². The van der Waals surface area contributed by atoms with Crippen LogP contribution in [0.4, 0.5) is 11.4 Å². The third-order valence-electron chi connectivity index (χ3n) is 5.98. The molecule has 1 fully saturated rings. The van der Waals surface area contributed by atoms with E-state index in [4.69, 9.17) is 4.98 Å². The van der Waals surface area contributed by atoms with Crippen molar-refractivity contribution in [3.8, 4) is 5.69 Å². The summed E-state index contributed by atoms with van der Waals surface area (Å²) in [5.74, 6) is 0.380. The van der Waals surface area contributed by atoms with Crippen molar-refractivity contribution < 1.29 is 9.59 Å². The molecule has 2 amide bonds. The molecule has 2 aromatic carbocycles. The lowest BCUT2D eigenvalue weighted by Gasteiger charge is -2.16. The maximum absolute atomic E-state index is 12.6. The highest BCUT2D eigenvalue weighted by molar-refractivity contribution is 7.99. The smallest absolute Gasteiger partial charge is 0.234 e. The number of para-hydroxylation sites is 1. The van der Waals surface area contributed by atoms with Gasteiger partial charge in [0.15, 0.2) is 5.16 Å². The van der Waals surface area contributed by atoms with Crippen LogP contribution >= 0.6 is 11.8 Å². The van der Waals surface area contributed by atoms with Gasteiger partial charge in [-0.3, -0.25) is 14.2 Å². The molecule has 164 valence electrons. The number of hydrogen-bond donors (Lipinski definition) is 1. The molecule has 0 unspecified atom stereocenters. The Bertz CT molecular complexity index is 1120. The normalized spacial score (nSPS) is 15.6. The highest BCUT2D eigenvalue weighted by Crippen LogP contribution is 2.31. The van der Waals surface area contributed by atoms with Gasteiger partial charge >= 0.3 is 0 Å². The highest BCUT2D eigenvalue weighted by atomic mass is 32.2. The predicted octanol–water partition coefficient (Wildman–Crippen LogP) is 4.61. The number of anilines is 2. The summed E-state index contributed by atoms with van der Waals surface area (Å²) in [5.41, 5.74) is 5.15. The fourth-order valence-corrected chi connectivity index (χ4v) is 5.28. The molecule has 6 nitrogen and oxygen atoms in total. The van der Waals surface area contributed by atoms with E-state index in [1.54, 1.807) is 4.90 Å². The quantitative estimate of drug-likeness (QED) is 0.562. The topological polar surface area (TPSA) is 67.2 Å². The molecule has 2 aliphatic rings. The largest absolute Gasteiger partial charge is 0.325 e. The summed E-state index contributed by atoms with van der Waals surface area (Å²) < 4.78 is 2.22. The second-order valence-electron chi connectivity index (χ2n) is 8.20. The minimum absolute atomic E-state index is 0.0689. The average Bonchev–Trinajstić information content (AvgIpc) is 3.42. The first kappa shape index (κ1) is 20.8. The number of imidazole rings is 1. The molecule has 3 aromatic rings. The molecule has 32 heavy (non-hydrogen) atoms. The molecule has 1 aliphatic carbocycles. The van der Waals surface area contributed by atoms with Crippen molar-refractivity contribution in [3.05, 3.63) is 66.0 Å². The van der Waals surface area contributed by atoms with Gasteiger partial charge in [-0.1, -0.05) is 30.0 Å². The monoisotopic (exact) mass is 446 g/mol. The van der Waals surface area contributed by atoms with Crippen LogP contribution in [0.3, 0.4) is 0 Å². The number of rotatable bonds is 6. The first-order valence-electron chi connectivity index (χ1n) is 11.2. The molecule has 0 radical (unpaired) electrons. The molecule has 5 rings (SSSR count). The van der Waals surface area contributed by atoms with Gasteiger partial charge < -0.3 is 10.2 Å². The van der Waals surface area contributed by atoms with E-state index >= 15 is 0 Å². The zero-order chi connectivity index (χ0) is 21.9. The van der Waals surface area contributed by atoms with Crippen LogP contribution in [0.2, 0.25) is 0 Å². The van der Waals surface area contributed by atoms with Gasteiger partial charge in [-0.05, 0) is 68.5 Å². The van der Waals surface area contributed by atoms with Crippen LogP contribution in [0.25, 0.3) is 5.69 Å². The number of carbonyl (C=O) groups excluding carboxylic acids is 2. The van der Waals surface area contributed by atoms with Gasteiger partial charge in [-0.2, -0.15) is 0 Å². The number of carbonyl (C=O) groups is 2. The number of thioether (sulfide) groups is 1. The molecule has 1 aliphatic heterocycles. The molecule has 0 bridgehead atoms. The minimum Gasteiger partial charge on any atom is -0.325 e. The summed E-state index contributed by atoms with van der Waals surface area (Å²) in [5, 5.41) is 3.84. The summed E-state index contributed by atoms with van der Waals surface area (Å²) in [6.07, 6.45) is 5.88. The van der Waals surface area contributed by atoms with E-state index in [0.717, 1.165) is 53.7 Å². The van der Waals surface area contributed by atoms with Gasteiger partial charge in [0.25, 0.3) is 0 Å². The van der Waals surface area contributed by atoms with E-state index in [-0.39, 0.29) is 17.6 Å². The van der Waals surface area contributed by atoms with Crippen LogP contribution in [0.1, 0.15) is 37.1 Å². The van der Waals surface area contributed by atoms with Crippen molar-refractivity contribution >= 4 is 35.0 Å². The molecule has 7 heteroatoms. The van der Waals surface area contributed by atoms with Crippen molar-refractivity contribution in [3.63, 3.8) is 0 Å². The first-order valence-corrected chi connectivity index (χ1v) is 12.2. The lowest BCUT2D eigenvalue weighted by molar-refractivity contribution is -0.117. The van der Waals surface area contributed by atoms with Gasteiger partial charge in [0.05, 0.1) is 11.4 Å². The highest BCUT2D eigenvalue weighted by Gasteiger charge is 2.23. The van der Waals surface area contributed by atoms with E-state index in [1.165, 1.54) is 30.3 Å². The zero-order valence-electron chi connectivity index (χ0n) is 17.9. The Balaban J connectivity index is 1.26. The lowest BCUT2D eigenvalue weighted by Crippen LogP contribution is -2.23. The molecule has 0 saturated carbocycles. The summed E-state index contributed by atoms with van der Waals surface area (Å²) in [4.78, 5) is 31.2. The Kier molecular flexibility index (Phi) is 5.99. The van der Waals surface area contributed by atoms with Crippen molar-refractivity contribution in [2.75, 3.05) is 22.5 Å². The van der Waals surface area contributed by atoms with Crippen LogP contribution in [-0.2, 0) is 22.4 Å². The Morgan fingerprint density at radius 3 is 2.47 bits per heavy atom. The van der Waals surface area contributed by atoms with Crippen LogP contribution < -0.4 is 10.2 Å². The Morgan fingerprint density at radius 1 is 0.938 bits per heavy atom. The number of aromatic nitrogens is 2. The summed E-state index contributed by atoms with van der Waals surface area (Å²) in [6.45, 7) is 0.763. The summed E-state index contributed by atoms with van der Waals surface area (Å²) in [6, 6.07) is 17.7.